The summed E-state index contributed by atoms with van der Waals surface area (Å²) in [6, 6.07) is 7.75. The Bertz CT molecular complexity index is 754. The molecule has 2 aromatic rings. The number of hydrogen-bond acceptors (Lipinski definition) is 5. The summed E-state index contributed by atoms with van der Waals surface area (Å²) < 4.78 is 1.56. The molecular formula is C17H22ClN5O3. The van der Waals surface area contributed by atoms with Gasteiger partial charge in [0.05, 0.1) is 10.6 Å². The number of non-ortho nitro benzene ring substituents is 1. The molecule has 140 valence electrons. The predicted molar refractivity (Wildman–Crippen MR) is 100 cm³/mol. The molecule has 8 nitrogen and oxygen atoms in total. The lowest BCUT2D eigenvalue weighted by Gasteiger charge is -2.31. The topological polar surface area (TPSA) is 93.3 Å². The Labute approximate surface area is 157 Å². The molecule has 1 aliphatic rings. The van der Waals surface area contributed by atoms with Gasteiger partial charge in [-0.25, -0.2) is 4.68 Å². The smallest absolute Gasteiger partial charge is 0.274 e. The number of piperidine rings is 1. The van der Waals surface area contributed by atoms with Gasteiger partial charge in [-0.05, 0) is 50.6 Å². The van der Waals surface area contributed by atoms with Crippen molar-refractivity contribution in [2.24, 2.45) is 5.92 Å². The molecular weight excluding hydrogens is 358 g/mol. The Morgan fingerprint density at radius 1 is 1.27 bits per heavy atom. The van der Waals surface area contributed by atoms with Gasteiger partial charge >= 0.3 is 0 Å². The minimum absolute atomic E-state index is 0. The maximum atomic E-state index is 12.6. The zero-order valence-electron chi connectivity index (χ0n) is 14.5. The van der Waals surface area contributed by atoms with E-state index in [1.807, 2.05) is 11.9 Å². The van der Waals surface area contributed by atoms with Crippen molar-refractivity contribution < 1.29 is 9.72 Å². The number of carbonyl (C=O) groups is 1. The maximum absolute atomic E-state index is 12.6. The van der Waals surface area contributed by atoms with E-state index in [0.29, 0.717) is 17.3 Å². The third kappa shape index (κ3) is 4.39. The number of amides is 1. The summed E-state index contributed by atoms with van der Waals surface area (Å²) in [4.78, 5) is 24.7. The Morgan fingerprint density at radius 2 is 1.92 bits per heavy atom. The predicted octanol–water partition coefficient (Wildman–Crippen LogP) is 2.27. The fourth-order valence-corrected chi connectivity index (χ4v) is 3.10. The molecule has 1 saturated heterocycles. The van der Waals surface area contributed by atoms with Crippen molar-refractivity contribution in [2.75, 3.05) is 26.7 Å². The van der Waals surface area contributed by atoms with Crippen LogP contribution >= 0.6 is 12.4 Å². The summed E-state index contributed by atoms with van der Waals surface area (Å²) >= 11 is 0. The number of carbonyl (C=O) groups excluding carboxylic acids is 1. The van der Waals surface area contributed by atoms with E-state index >= 15 is 0 Å². The van der Waals surface area contributed by atoms with Crippen LogP contribution in [0.1, 0.15) is 23.3 Å². The number of nitro groups is 1. The molecule has 9 heteroatoms. The number of nitrogens with zero attached hydrogens (tertiary/aromatic N) is 4. The SMILES string of the molecule is CNCC1CCN(C(=O)c2ccn(-c3ccc([N+](=O)[O-])cc3)n2)CC1.Cl. The summed E-state index contributed by atoms with van der Waals surface area (Å²) in [5.74, 6) is 0.551. The quantitative estimate of drug-likeness (QED) is 0.635. The standard InChI is InChI=1S/C17H21N5O3.ClH/c1-18-12-13-6-9-20(10-7-13)17(23)16-8-11-21(19-16)14-2-4-15(5-3-14)22(24)25;/h2-5,8,11,13,18H,6-7,9-10,12H2,1H3;1H. The second-order valence-corrected chi connectivity index (χ2v) is 6.21. The number of nitrogens with one attached hydrogen (secondary N) is 1. The Kier molecular flexibility index (Phi) is 6.70. The molecule has 0 bridgehead atoms. The van der Waals surface area contributed by atoms with Crippen molar-refractivity contribution in [2.45, 2.75) is 12.8 Å². The van der Waals surface area contributed by atoms with Crippen LogP contribution in [0.15, 0.2) is 36.5 Å². The van der Waals surface area contributed by atoms with Gasteiger partial charge in [0.2, 0.25) is 0 Å². The van der Waals surface area contributed by atoms with Gasteiger partial charge in [-0.1, -0.05) is 0 Å². The van der Waals surface area contributed by atoms with Crippen LogP contribution in [0, 0.1) is 16.0 Å². The van der Waals surface area contributed by atoms with Gasteiger partial charge in [-0.3, -0.25) is 14.9 Å². The highest BCUT2D eigenvalue weighted by Gasteiger charge is 2.24. The van der Waals surface area contributed by atoms with Crippen LogP contribution in [0.4, 0.5) is 5.69 Å². The number of likely N-dealkylation sites (tertiary alicyclic amines) is 1. The third-order valence-corrected chi connectivity index (χ3v) is 4.53. The summed E-state index contributed by atoms with van der Waals surface area (Å²) in [6.07, 6.45) is 3.69. The number of halogens is 1. The van der Waals surface area contributed by atoms with Crippen molar-refractivity contribution in [3.05, 3.63) is 52.3 Å². The summed E-state index contributed by atoms with van der Waals surface area (Å²) in [5, 5.41) is 18.2. The molecule has 2 heterocycles. The molecule has 0 saturated carbocycles. The molecule has 1 amide bonds. The first-order valence-electron chi connectivity index (χ1n) is 8.33. The van der Waals surface area contributed by atoms with Crippen LogP contribution < -0.4 is 5.32 Å². The lowest BCUT2D eigenvalue weighted by Crippen LogP contribution is -2.40. The highest BCUT2D eigenvalue weighted by atomic mass is 35.5. The van der Waals surface area contributed by atoms with Gasteiger partial charge in [-0.2, -0.15) is 5.10 Å². The van der Waals surface area contributed by atoms with E-state index in [0.717, 1.165) is 32.5 Å². The zero-order chi connectivity index (χ0) is 17.8. The van der Waals surface area contributed by atoms with E-state index in [2.05, 4.69) is 10.4 Å². The minimum atomic E-state index is -0.445. The fraction of sp³-hybridized carbons (Fsp3) is 0.412. The molecule has 0 radical (unpaired) electrons. The Balaban J connectivity index is 0.00000243. The Hall–Kier alpha value is -2.45. The van der Waals surface area contributed by atoms with Crippen molar-refractivity contribution >= 4 is 24.0 Å². The molecule has 0 unspecified atom stereocenters. The zero-order valence-corrected chi connectivity index (χ0v) is 15.3. The largest absolute Gasteiger partial charge is 0.337 e. The molecule has 0 spiro atoms. The molecule has 1 aliphatic heterocycles. The number of nitro benzene ring substituents is 1. The minimum Gasteiger partial charge on any atom is -0.337 e. The Morgan fingerprint density at radius 3 is 2.50 bits per heavy atom. The average Bonchev–Trinajstić information content (AvgIpc) is 3.12. The maximum Gasteiger partial charge on any atom is 0.274 e. The van der Waals surface area contributed by atoms with Gasteiger partial charge in [0, 0.05) is 31.4 Å². The van der Waals surface area contributed by atoms with E-state index in [9.17, 15) is 14.9 Å². The average molecular weight is 380 g/mol. The van der Waals surface area contributed by atoms with E-state index in [1.165, 1.54) is 12.1 Å². The van der Waals surface area contributed by atoms with Crippen molar-refractivity contribution in [3.63, 3.8) is 0 Å². The number of benzene rings is 1. The number of hydrogen-bond donors (Lipinski definition) is 1. The highest BCUT2D eigenvalue weighted by Crippen LogP contribution is 2.19. The summed E-state index contributed by atoms with van der Waals surface area (Å²) in [6.45, 7) is 2.47. The van der Waals surface area contributed by atoms with E-state index in [1.54, 1.807) is 29.1 Å². The summed E-state index contributed by atoms with van der Waals surface area (Å²) in [7, 11) is 1.95. The molecule has 3 rings (SSSR count). The number of aromatic nitrogens is 2. The summed E-state index contributed by atoms with van der Waals surface area (Å²) in [5.41, 5.74) is 1.10. The molecule has 0 aliphatic carbocycles. The van der Waals surface area contributed by atoms with Crippen LogP contribution in [0.25, 0.3) is 5.69 Å². The molecule has 26 heavy (non-hydrogen) atoms. The second-order valence-electron chi connectivity index (χ2n) is 6.21. The van der Waals surface area contributed by atoms with Crippen molar-refractivity contribution in [3.8, 4) is 5.69 Å². The fourth-order valence-electron chi connectivity index (χ4n) is 3.10. The first-order chi connectivity index (χ1) is 12.1. The van der Waals surface area contributed by atoms with Crippen LogP contribution in [0.2, 0.25) is 0 Å². The lowest BCUT2D eigenvalue weighted by atomic mass is 9.97. The normalized spacial score (nSPS) is 14.7. The van der Waals surface area contributed by atoms with Gasteiger partial charge in [0.25, 0.3) is 11.6 Å². The first kappa shape index (κ1) is 19.9. The van der Waals surface area contributed by atoms with Crippen LogP contribution in [-0.4, -0.2) is 52.2 Å². The second kappa shape index (κ2) is 8.77. The van der Waals surface area contributed by atoms with Gasteiger partial charge in [-0.15, -0.1) is 12.4 Å². The molecule has 0 atom stereocenters. The van der Waals surface area contributed by atoms with Gasteiger partial charge in [0.15, 0.2) is 5.69 Å². The molecule has 1 aromatic heterocycles. The molecule has 1 fully saturated rings. The van der Waals surface area contributed by atoms with E-state index < -0.39 is 4.92 Å². The van der Waals surface area contributed by atoms with Gasteiger partial charge < -0.3 is 10.2 Å². The molecule has 1 N–H and O–H groups in total. The third-order valence-electron chi connectivity index (χ3n) is 4.53. The van der Waals surface area contributed by atoms with Crippen molar-refractivity contribution in [1.29, 1.82) is 0 Å². The van der Waals surface area contributed by atoms with Crippen molar-refractivity contribution in [1.82, 2.24) is 20.0 Å². The van der Waals surface area contributed by atoms with Gasteiger partial charge in [0.1, 0.15) is 0 Å². The molecule has 1 aromatic carbocycles. The van der Waals surface area contributed by atoms with E-state index in [-0.39, 0.29) is 24.0 Å². The van der Waals surface area contributed by atoms with E-state index in [4.69, 9.17) is 0 Å². The monoisotopic (exact) mass is 379 g/mol. The lowest BCUT2D eigenvalue weighted by molar-refractivity contribution is -0.384. The highest BCUT2D eigenvalue weighted by molar-refractivity contribution is 5.92. The van der Waals surface area contributed by atoms with Crippen LogP contribution in [-0.2, 0) is 0 Å². The van der Waals surface area contributed by atoms with Crippen LogP contribution in [0.5, 0.6) is 0 Å². The van der Waals surface area contributed by atoms with Crippen LogP contribution in [0.3, 0.4) is 0 Å². The number of rotatable bonds is 5. The first-order valence-corrected chi connectivity index (χ1v) is 8.33.